The Morgan fingerprint density at radius 3 is 1.36 bits per heavy atom. The highest BCUT2D eigenvalue weighted by Gasteiger charge is 2.22. The second-order valence-electron chi connectivity index (χ2n) is 11.3. The van der Waals surface area contributed by atoms with E-state index in [0.29, 0.717) is 17.5 Å². The molecule has 0 aliphatic carbocycles. The predicted octanol–water partition coefficient (Wildman–Crippen LogP) is 9.43. The predicted molar refractivity (Wildman–Crippen MR) is 179 cm³/mol. The average Bonchev–Trinajstić information content (AvgIpc) is 3.62. The van der Waals surface area contributed by atoms with E-state index < -0.39 is 0 Å². The molecule has 5 nitrogen and oxygen atoms in total. The lowest BCUT2D eigenvalue weighted by molar-refractivity contribution is 1.07. The van der Waals surface area contributed by atoms with Gasteiger partial charge in [0.1, 0.15) is 0 Å². The zero-order valence-corrected chi connectivity index (χ0v) is 23.5. The minimum Gasteiger partial charge on any atom is -0.305 e. The number of aromatic nitrogens is 5. The first-order valence-electron chi connectivity index (χ1n) is 14.8. The van der Waals surface area contributed by atoms with Gasteiger partial charge in [-0.15, -0.1) is 0 Å². The molecule has 0 radical (unpaired) electrons. The Bertz CT molecular complexity index is 2650. The summed E-state index contributed by atoms with van der Waals surface area (Å²) in [6.45, 7) is 0. The third kappa shape index (κ3) is 3.15. The van der Waals surface area contributed by atoms with Crippen molar-refractivity contribution in [1.29, 1.82) is 0 Å². The highest BCUT2D eigenvalue weighted by molar-refractivity contribution is 6.25. The summed E-state index contributed by atoms with van der Waals surface area (Å²) < 4.78 is 4.87. The molecule has 0 amide bonds. The molecule has 44 heavy (non-hydrogen) atoms. The lowest BCUT2D eigenvalue weighted by atomic mass is 10.1. The standard InChI is InChI=1S/C39H23N5/c1-3-11-24(12-4-1)37-40-38(25-13-5-2-6-14-25)42-39(41-37)26-19-22-32-30(23-26)29-21-20-28-27-15-7-8-16-31(27)43-33-17-9-10-18-34(33)44(32)36(29)35(28)43/h1-23H. The normalized spacial score (nSPS) is 12.1. The molecule has 4 heterocycles. The van der Waals surface area contributed by atoms with Crippen molar-refractivity contribution in [3.8, 4) is 34.2 Å². The van der Waals surface area contributed by atoms with Crippen LogP contribution in [0.2, 0.25) is 0 Å². The van der Waals surface area contributed by atoms with Crippen molar-refractivity contribution in [3.05, 3.63) is 140 Å². The Labute approximate surface area is 251 Å². The van der Waals surface area contributed by atoms with Crippen molar-refractivity contribution in [3.63, 3.8) is 0 Å². The molecule has 0 aliphatic heterocycles. The topological polar surface area (TPSA) is 47.5 Å². The van der Waals surface area contributed by atoms with E-state index in [9.17, 15) is 0 Å². The van der Waals surface area contributed by atoms with Crippen molar-refractivity contribution >= 4 is 54.6 Å². The van der Waals surface area contributed by atoms with Crippen LogP contribution in [0.25, 0.3) is 88.8 Å². The molecule has 5 heteroatoms. The minimum atomic E-state index is 0.658. The molecule has 4 aromatic heterocycles. The van der Waals surface area contributed by atoms with Gasteiger partial charge in [0, 0.05) is 38.2 Å². The number of rotatable bonds is 3. The van der Waals surface area contributed by atoms with Gasteiger partial charge in [0.15, 0.2) is 17.5 Å². The van der Waals surface area contributed by atoms with Crippen molar-refractivity contribution in [2.24, 2.45) is 0 Å². The third-order valence-corrected chi connectivity index (χ3v) is 8.88. The molecule has 10 aromatic rings. The molecule has 6 aromatic carbocycles. The van der Waals surface area contributed by atoms with E-state index in [0.717, 1.165) is 16.7 Å². The van der Waals surface area contributed by atoms with Gasteiger partial charge >= 0.3 is 0 Å². The maximum atomic E-state index is 5.01. The molecular weight excluding hydrogens is 538 g/mol. The zero-order chi connectivity index (χ0) is 28.8. The van der Waals surface area contributed by atoms with E-state index >= 15 is 0 Å². The van der Waals surface area contributed by atoms with Gasteiger partial charge in [-0.2, -0.15) is 0 Å². The number of nitrogens with zero attached hydrogens (tertiary/aromatic N) is 5. The van der Waals surface area contributed by atoms with Gasteiger partial charge in [0.05, 0.1) is 33.1 Å². The van der Waals surface area contributed by atoms with Gasteiger partial charge in [-0.05, 0) is 36.4 Å². The summed E-state index contributed by atoms with van der Waals surface area (Å²) in [5.41, 5.74) is 10.1. The van der Waals surface area contributed by atoms with Crippen molar-refractivity contribution in [2.45, 2.75) is 0 Å². The maximum Gasteiger partial charge on any atom is 0.164 e. The van der Waals surface area contributed by atoms with Crippen LogP contribution in [0.1, 0.15) is 0 Å². The van der Waals surface area contributed by atoms with Crippen LogP contribution in [0.15, 0.2) is 140 Å². The van der Waals surface area contributed by atoms with E-state index in [1.807, 2.05) is 60.7 Å². The zero-order valence-electron chi connectivity index (χ0n) is 23.5. The van der Waals surface area contributed by atoms with Crippen LogP contribution in [0, 0.1) is 0 Å². The number of benzene rings is 6. The van der Waals surface area contributed by atoms with Gasteiger partial charge in [0.2, 0.25) is 0 Å². The monoisotopic (exact) mass is 561 g/mol. The summed E-state index contributed by atoms with van der Waals surface area (Å²) in [5, 5.41) is 4.93. The van der Waals surface area contributed by atoms with Gasteiger partial charge in [-0.1, -0.05) is 103 Å². The molecule has 0 unspecified atom stereocenters. The number of hydrogen-bond donors (Lipinski definition) is 0. The first-order valence-corrected chi connectivity index (χ1v) is 14.8. The molecule has 0 saturated carbocycles. The molecule has 10 rings (SSSR count). The van der Waals surface area contributed by atoms with E-state index in [1.54, 1.807) is 0 Å². The Kier molecular flexibility index (Phi) is 4.66. The van der Waals surface area contributed by atoms with Gasteiger partial charge in [-0.3, -0.25) is 0 Å². The summed E-state index contributed by atoms with van der Waals surface area (Å²) in [6, 6.07) is 48.9. The molecule has 0 bridgehead atoms. The number of fused-ring (bicyclic) bond motifs is 9. The molecule has 0 aliphatic rings. The van der Waals surface area contributed by atoms with E-state index in [1.165, 1.54) is 54.6 Å². The fourth-order valence-electron chi connectivity index (χ4n) is 6.97. The summed E-state index contributed by atoms with van der Waals surface area (Å²) in [5.74, 6) is 1.98. The molecule has 0 fully saturated rings. The van der Waals surface area contributed by atoms with Crippen molar-refractivity contribution in [2.75, 3.05) is 0 Å². The minimum absolute atomic E-state index is 0.658. The molecule has 0 atom stereocenters. The van der Waals surface area contributed by atoms with E-state index in [2.05, 4.69) is 87.7 Å². The lowest BCUT2D eigenvalue weighted by Gasteiger charge is -2.11. The lowest BCUT2D eigenvalue weighted by Crippen LogP contribution is -2.00. The van der Waals surface area contributed by atoms with Crippen LogP contribution in [0.5, 0.6) is 0 Å². The van der Waals surface area contributed by atoms with Crippen LogP contribution in [-0.2, 0) is 0 Å². The van der Waals surface area contributed by atoms with E-state index in [4.69, 9.17) is 15.0 Å². The molecule has 0 N–H and O–H groups in total. The van der Waals surface area contributed by atoms with E-state index in [-0.39, 0.29) is 0 Å². The Hall–Kier alpha value is -6.07. The Balaban J connectivity index is 1.30. The first kappa shape index (κ1) is 23.5. The fraction of sp³-hybridized carbons (Fsp3) is 0. The second-order valence-corrected chi connectivity index (χ2v) is 11.3. The first-order chi connectivity index (χ1) is 21.8. The number of para-hydroxylation sites is 3. The average molecular weight is 562 g/mol. The number of hydrogen-bond acceptors (Lipinski definition) is 3. The molecule has 204 valence electrons. The highest BCUT2D eigenvalue weighted by atomic mass is 15.0. The quantitative estimate of drug-likeness (QED) is 0.202. The summed E-state index contributed by atoms with van der Waals surface area (Å²) in [6.07, 6.45) is 0. The van der Waals surface area contributed by atoms with Crippen LogP contribution in [0.4, 0.5) is 0 Å². The third-order valence-electron chi connectivity index (χ3n) is 8.88. The van der Waals surface area contributed by atoms with Crippen LogP contribution < -0.4 is 0 Å². The maximum absolute atomic E-state index is 5.01. The highest BCUT2D eigenvalue weighted by Crippen LogP contribution is 2.42. The van der Waals surface area contributed by atoms with Crippen molar-refractivity contribution in [1.82, 2.24) is 23.8 Å². The molecular formula is C39H23N5. The second kappa shape index (κ2) is 8.72. The van der Waals surface area contributed by atoms with Crippen LogP contribution in [0.3, 0.4) is 0 Å². The summed E-state index contributed by atoms with van der Waals surface area (Å²) >= 11 is 0. The summed E-state index contributed by atoms with van der Waals surface area (Å²) in [7, 11) is 0. The molecule has 0 spiro atoms. The largest absolute Gasteiger partial charge is 0.305 e. The van der Waals surface area contributed by atoms with Gasteiger partial charge in [-0.25, -0.2) is 15.0 Å². The SMILES string of the molecule is c1ccc(-c2nc(-c3ccccc3)nc(-c3ccc4c(c3)c3ccc5c6ccccc6n6c7ccccc7n4c3c56)n2)cc1. The van der Waals surface area contributed by atoms with Gasteiger partial charge in [0.25, 0.3) is 0 Å². The Morgan fingerprint density at radius 2 is 0.773 bits per heavy atom. The summed E-state index contributed by atoms with van der Waals surface area (Å²) in [4.78, 5) is 14.9. The van der Waals surface area contributed by atoms with Crippen LogP contribution >= 0.6 is 0 Å². The van der Waals surface area contributed by atoms with Gasteiger partial charge < -0.3 is 8.80 Å². The Morgan fingerprint density at radius 1 is 0.318 bits per heavy atom. The van der Waals surface area contributed by atoms with Crippen molar-refractivity contribution < 1.29 is 0 Å². The smallest absolute Gasteiger partial charge is 0.164 e. The van der Waals surface area contributed by atoms with Crippen LogP contribution in [-0.4, -0.2) is 23.8 Å². The fourth-order valence-corrected chi connectivity index (χ4v) is 6.97. The molecule has 0 saturated heterocycles.